The number of thiophene rings is 1. The molecule has 0 atom stereocenters. The fourth-order valence-electron chi connectivity index (χ4n) is 4.85. The van der Waals surface area contributed by atoms with E-state index >= 15 is 0 Å². The van der Waals surface area contributed by atoms with Crippen LogP contribution in [0.1, 0.15) is 21.6 Å². The van der Waals surface area contributed by atoms with Crippen molar-refractivity contribution in [2.24, 2.45) is 0 Å². The van der Waals surface area contributed by atoms with Crippen molar-refractivity contribution < 1.29 is 27.8 Å². The molecule has 218 valence electrons. The molecule has 1 aliphatic carbocycles. The van der Waals surface area contributed by atoms with Gasteiger partial charge in [0.25, 0.3) is 0 Å². The molecule has 1 aliphatic heterocycles. The second kappa shape index (κ2) is 12.8. The summed E-state index contributed by atoms with van der Waals surface area (Å²) < 4.78 is 37.4. The van der Waals surface area contributed by atoms with Crippen LogP contribution in [0.4, 0.5) is 13.2 Å². The maximum absolute atomic E-state index is 10.6. The highest BCUT2D eigenvalue weighted by Crippen LogP contribution is 2.41. The zero-order valence-corrected chi connectivity index (χ0v) is 23.7. The van der Waals surface area contributed by atoms with Crippen LogP contribution in [0.3, 0.4) is 0 Å². The van der Waals surface area contributed by atoms with E-state index in [4.69, 9.17) is 19.7 Å². The fraction of sp³-hybridized carbons (Fsp3) is 0.290. The third kappa shape index (κ3) is 7.20. The summed E-state index contributed by atoms with van der Waals surface area (Å²) in [5, 5.41) is 17.3. The number of rotatable bonds is 5. The number of alkyl halides is 3. The van der Waals surface area contributed by atoms with Gasteiger partial charge in [-0.2, -0.15) is 18.3 Å². The lowest BCUT2D eigenvalue weighted by Gasteiger charge is -2.32. The number of carboxylic acids is 1. The first-order valence-corrected chi connectivity index (χ1v) is 14.2. The number of aromatic amines is 1. The molecule has 6 rings (SSSR count). The Balaban J connectivity index is 0.000000451. The molecular formula is C31H29F3N4O3S. The number of aromatic nitrogens is 2. The molecule has 4 aromatic rings. The highest BCUT2D eigenvalue weighted by molar-refractivity contribution is 7.11. The summed E-state index contributed by atoms with van der Waals surface area (Å²) in [4.78, 5) is 14.9. The monoisotopic (exact) mass is 594 g/mol. The van der Waals surface area contributed by atoms with E-state index in [0.29, 0.717) is 6.61 Å². The molecule has 0 bridgehead atoms. The SMILES string of the molecule is CN1CCN(Cc2ccc3c(c2)-c2[nH]nc(-c4csc(C#CCOc5ccccc5)c4)c2C3)CC1.O=C(O)C(F)(F)F. The molecule has 0 radical (unpaired) electrons. The number of carbonyl (C=O) groups is 1. The molecular weight excluding hydrogens is 565 g/mol. The summed E-state index contributed by atoms with van der Waals surface area (Å²) in [5.41, 5.74) is 8.70. The van der Waals surface area contributed by atoms with E-state index in [1.165, 1.54) is 27.9 Å². The molecule has 3 heterocycles. The average Bonchev–Trinajstić information content (AvgIpc) is 3.69. The Labute approximate surface area is 245 Å². The highest BCUT2D eigenvalue weighted by atomic mass is 32.1. The van der Waals surface area contributed by atoms with E-state index in [2.05, 4.69) is 63.4 Å². The topological polar surface area (TPSA) is 81.7 Å². The third-order valence-electron chi connectivity index (χ3n) is 7.06. The summed E-state index contributed by atoms with van der Waals surface area (Å²) >= 11 is 1.65. The van der Waals surface area contributed by atoms with Crippen molar-refractivity contribution in [1.29, 1.82) is 0 Å². The van der Waals surface area contributed by atoms with Gasteiger partial charge in [0.15, 0.2) is 0 Å². The van der Waals surface area contributed by atoms with Crippen LogP contribution in [0, 0.1) is 11.8 Å². The number of hydrogen-bond acceptors (Lipinski definition) is 6. The number of H-pyrrole nitrogens is 1. The van der Waals surface area contributed by atoms with Gasteiger partial charge in [-0.25, -0.2) is 4.79 Å². The number of carboxylic acid groups (broad SMARTS) is 1. The van der Waals surface area contributed by atoms with Crippen molar-refractivity contribution in [2.75, 3.05) is 39.8 Å². The minimum absolute atomic E-state index is 0.376. The van der Waals surface area contributed by atoms with Gasteiger partial charge in [0.1, 0.15) is 12.4 Å². The summed E-state index contributed by atoms with van der Waals surface area (Å²) in [5.74, 6) is 4.43. The number of benzene rings is 2. The number of piperazine rings is 1. The van der Waals surface area contributed by atoms with Crippen LogP contribution in [0.2, 0.25) is 0 Å². The second-order valence-electron chi connectivity index (χ2n) is 10.1. The molecule has 1 fully saturated rings. The van der Waals surface area contributed by atoms with Crippen molar-refractivity contribution in [3.63, 3.8) is 0 Å². The molecule has 1 saturated heterocycles. The number of nitrogens with one attached hydrogen (secondary N) is 1. The van der Waals surface area contributed by atoms with Gasteiger partial charge in [-0.1, -0.05) is 42.2 Å². The van der Waals surface area contributed by atoms with E-state index in [-0.39, 0.29) is 0 Å². The zero-order valence-electron chi connectivity index (χ0n) is 22.9. The van der Waals surface area contributed by atoms with Crippen LogP contribution in [-0.2, 0) is 17.8 Å². The number of halogens is 3. The van der Waals surface area contributed by atoms with E-state index in [1.807, 2.05) is 30.3 Å². The molecule has 0 unspecified atom stereocenters. The minimum Gasteiger partial charge on any atom is -0.481 e. The predicted molar refractivity (Wildman–Crippen MR) is 155 cm³/mol. The van der Waals surface area contributed by atoms with Gasteiger partial charge in [-0.15, -0.1) is 11.3 Å². The molecule has 2 aliphatic rings. The minimum atomic E-state index is -5.08. The highest BCUT2D eigenvalue weighted by Gasteiger charge is 2.38. The number of nitrogens with zero attached hydrogens (tertiary/aromatic N) is 3. The average molecular weight is 595 g/mol. The molecule has 7 nitrogen and oxygen atoms in total. The Morgan fingerprint density at radius 1 is 1.12 bits per heavy atom. The van der Waals surface area contributed by atoms with E-state index in [1.54, 1.807) is 11.3 Å². The molecule has 2 N–H and O–H groups in total. The lowest BCUT2D eigenvalue weighted by Crippen LogP contribution is -2.43. The van der Waals surface area contributed by atoms with E-state index < -0.39 is 12.1 Å². The lowest BCUT2D eigenvalue weighted by atomic mass is 10.0. The van der Waals surface area contributed by atoms with Crippen LogP contribution in [0.25, 0.3) is 22.5 Å². The first-order valence-electron chi connectivity index (χ1n) is 13.3. The van der Waals surface area contributed by atoms with Crippen LogP contribution < -0.4 is 4.74 Å². The van der Waals surface area contributed by atoms with Crippen LogP contribution in [0.15, 0.2) is 60.0 Å². The van der Waals surface area contributed by atoms with Gasteiger partial charge in [-0.05, 0) is 42.4 Å². The number of likely N-dealkylation sites (N-methyl/N-ethyl adjacent to an activating group) is 1. The van der Waals surface area contributed by atoms with Crippen LogP contribution in [-0.4, -0.2) is 77.1 Å². The van der Waals surface area contributed by atoms with Gasteiger partial charge in [0.05, 0.1) is 16.3 Å². The lowest BCUT2D eigenvalue weighted by molar-refractivity contribution is -0.192. The zero-order chi connectivity index (χ0) is 29.7. The Morgan fingerprint density at radius 3 is 2.57 bits per heavy atom. The maximum Gasteiger partial charge on any atom is 0.490 e. The number of aliphatic carboxylic acids is 1. The molecule has 11 heteroatoms. The summed E-state index contributed by atoms with van der Waals surface area (Å²) in [6, 6.07) is 18.9. The van der Waals surface area contributed by atoms with E-state index in [0.717, 1.165) is 61.0 Å². The van der Waals surface area contributed by atoms with Gasteiger partial charge < -0.3 is 14.7 Å². The molecule has 42 heavy (non-hydrogen) atoms. The predicted octanol–water partition coefficient (Wildman–Crippen LogP) is 5.52. The standard InChI is InChI=1S/C29H28N4OS.C2HF3O2/c1-32-11-13-33(14-12-32)19-21-9-10-22-18-27-28(30-31-29(27)26(22)16-21)23-17-25(35-20-23)8-5-15-34-24-6-3-2-4-7-24;3-2(4,5)1(6)7/h2-4,6-7,9-10,16-17,20H,11-15,18-19H2,1H3,(H,30,31);(H,6,7). The summed E-state index contributed by atoms with van der Waals surface area (Å²) in [7, 11) is 2.20. The quantitative estimate of drug-likeness (QED) is 0.261. The van der Waals surface area contributed by atoms with Crippen LogP contribution >= 0.6 is 11.3 Å². The summed E-state index contributed by atoms with van der Waals surface area (Å²) in [6.07, 6.45) is -4.16. The molecule has 0 amide bonds. The normalized spacial score (nSPS) is 14.7. The van der Waals surface area contributed by atoms with Gasteiger partial charge >= 0.3 is 12.1 Å². The third-order valence-corrected chi connectivity index (χ3v) is 7.91. The van der Waals surface area contributed by atoms with Crippen LogP contribution in [0.5, 0.6) is 5.75 Å². The van der Waals surface area contributed by atoms with Crippen molar-refractivity contribution in [2.45, 2.75) is 19.1 Å². The fourth-order valence-corrected chi connectivity index (χ4v) is 5.61. The van der Waals surface area contributed by atoms with Crippen molar-refractivity contribution in [3.8, 4) is 40.1 Å². The molecule has 0 saturated carbocycles. The molecule has 2 aromatic carbocycles. The largest absolute Gasteiger partial charge is 0.490 e. The van der Waals surface area contributed by atoms with Crippen molar-refractivity contribution >= 4 is 17.3 Å². The van der Waals surface area contributed by atoms with Gasteiger partial charge in [0.2, 0.25) is 0 Å². The Kier molecular flexibility index (Phi) is 8.97. The first-order chi connectivity index (χ1) is 20.2. The Hall–Kier alpha value is -4.11. The number of ether oxygens (including phenoxy) is 1. The molecule has 2 aromatic heterocycles. The second-order valence-corrected chi connectivity index (χ2v) is 11.0. The first kappa shape index (κ1) is 29.4. The Morgan fingerprint density at radius 2 is 1.86 bits per heavy atom. The van der Waals surface area contributed by atoms with Gasteiger partial charge in [-0.3, -0.25) is 10.00 Å². The number of para-hydroxylation sites is 1. The smallest absolute Gasteiger partial charge is 0.481 e. The van der Waals surface area contributed by atoms with Crippen molar-refractivity contribution in [3.05, 3.63) is 81.5 Å². The summed E-state index contributed by atoms with van der Waals surface area (Å²) in [6.45, 7) is 5.94. The maximum atomic E-state index is 10.6. The number of hydrogen-bond donors (Lipinski definition) is 2. The van der Waals surface area contributed by atoms with Crippen molar-refractivity contribution in [1.82, 2.24) is 20.0 Å². The van der Waals surface area contributed by atoms with Gasteiger partial charge in [0, 0.05) is 61.2 Å². The molecule has 0 spiro atoms. The number of fused-ring (bicyclic) bond motifs is 3. The Bertz CT molecular complexity index is 1600. The van der Waals surface area contributed by atoms with E-state index in [9.17, 15) is 13.2 Å².